The molecule has 0 amide bonds. The molecule has 0 fully saturated rings. The van der Waals surface area contributed by atoms with E-state index in [-0.39, 0.29) is 0 Å². The number of hydrogen-bond donors (Lipinski definition) is 0. The molecule has 2 aromatic rings. The Labute approximate surface area is 126 Å². The molecule has 1 aromatic heterocycles. The van der Waals surface area contributed by atoms with Crippen LogP contribution < -0.4 is 0 Å². The minimum atomic E-state index is 0.692. The molecule has 21 heavy (non-hydrogen) atoms. The van der Waals surface area contributed by atoms with Gasteiger partial charge < -0.3 is 14.4 Å². The Balaban J connectivity index is 2.00. The first-order valence-corrected chi connectivity index (χ1v) is 6.99. The van der Waals surface area contributed by atoms with Crippen molar-refractivity contribution < 1.29 is 0 Å². The van der Waals surface area contributed by atoms with Crippen LogP contribution in [0, 0.1) is 0 Å². The molecular formula is C16H23N5. The molecule has 0 aliphatic rings. The molecule has 1 heterocycles. The summed E-state index contributed by atoms with van der Waals surface area (Å²) >= 11 is 0. The third kappa shape index (κ3) is 4.34. The molecular weight excluding hydrogens is 262 g/mol. The molecule has 0 spiro atoms. The smallest absolute Gasteiger partial charge is 0.195 e. The van der Waals surface area contributed by atoms with Gasteiger partial charge in [0.05, 0.1) is 12.9 Å². The van der Waals surface area contributed by atoms with Gasteiger partial charge in [-0.2, -0.15) is 0 Å². The summed E-state index contributed by atoms with van der Waals surface area (Å²) in [6.07, 6.45) is 5.60. The predicted octanol–water partition coefficient (Wildman–Crippen LogP) is 1.91. The first-order valence-electron chi connectivity index (χ1n) is 6.99. The summed E-state index contributed by atoms with van der Waals surface area (Å²) < 4.78 is 2.06. The first-order chi connectivity index (χ1) is 10.1. The molecule has 0 atom stereocenters. The number of nitrogens with zero attached hydrogens (tertiary/aromatic N) is 5. The molecule has 2 rings (SSSR count). The maximum atomic E-state index is 4.65. The molecule has 5 nitrogen and oxygen atoms in total. The van der Waals surface area contributed by atoms with Crippen LogP contribution in [0.2, 0.25) is 0 Å². The van der Waals surface area contributed by atoms with Gasteiger partial charge in [0, 0.05) is 47.1 Å². The van der Waals surface area contributed by atoms with E-state index in [4.69, 9.17) is 0 Å². The molecule has 0 unspecified atom stereocenters. The lowest BCUT2D eigenvalue weighted by Gasteiger charge is -2.22. The van der Waals surface area contributed by atoms with Gasteiger partial charge in [0.2, 0.25) is 0 Å². The van der Waals surface area contributed by atoms with Gasteiger partial charge in [-0.25, -0.2) is 9.98 Å². The van der Waals surface area contributed by atoms with Crippen LogP contribution in [-0.2, 0) is 13.1 Å². The van der Waals surface area contributed by atoms with Crippen molar-refractivity contribution in [3.63, 3.8) is 0 Å². The molecule has 0 aliphatic heterocycles. The van der Waals surface area contributed by atoms with Gasteiger partial charge in [0.15, 0.2) is 5.96 Å². The minimum absolute atomic E-state index is 0.692. The van der Waals surface area contributed by atoms with E-state index in [1.807, 2.05) is 50.5 Å². The Morgan fingerprint density at radius 3 is 2.19 bits per heavy atom. The Morgan fingerprint density at radius 1 is 1.05 bits per heavy atom. The number of aliphatic imine (C=N–C) groups is 1. The van der Waals surface area contributed by atoms with Gasteiger partial charge in [-0.1, -0.05) is 24.3 Å². The highest BCUT2D eigenvalue weighted by Gasteiger charge is 2.03. The largest absolute Gasteiger partial charge is 0.349 e. The number of imidazole rings is 1. The SMILES string of the molecule is CN(C)C(=NCc1ccc(Cn2ccnc2)cc1)N(C)C. The van der Waals surface area contributed by atoms with Crippen LogP contribution in [0.15, 0.2) is 48.0 Å². The van der Waals surface area contributed by atoms with Crippen LogP contribution in [0.3, 0.4) is 0 Å². The number of benzene rings is 1. The van der Waals surface area contributed by atoms with Crippen LogP contribution in [0.5, 0.6) is 0 Å². The Hall–Kier alpha value is -2.30. The molecule has 1 aromatic carbocycles. The highest BCUT2D eigenvalue weighted by Crippen LogP contribution is 2.08. The van der Waals surface area contributed by atoms with Gasteiger partial charge in [-0.15, -0.1) is 0 Å². The lowest BCUT2D eigenvalue weighted by molar-refractivity contribution is 0.479. The van der Waals surface area contributed by atoms with E-state index in [1.165, 1.54) is 11.1 Å². The average Bonchev–Trinajstić information content (AvgIpc) is 2.93. The topological polar surface area (TPSA) is 36.7 Å². The van der Waals surface area contributed by atoms with E-state index in [0.717, 1.165) is 12.5 Å². The Bertz CT molecular complexity index is 557. The summed E-state index contributed by atoms with van der Waals surface area (Å²) in [4.78, 5) is 12.7. The maximum Gasteiger partial charge on any atom is 0.195 e. The fourth-order valence-corrected chi connectivity index (χ4v) is 2.19. The number of aromatic nitrogens is 2. The Morgan fingerprint density at radius 2 is 1.67 bits per heavy atom. The Kier molecular flexibility index (Phi) is 4.98. The molecule has 0 bridgehead atoms. The second kappa shape index (κ2) is 6.92. The number of rotatable bonds is 4. The van der Waals surface area contributed by atoms with Crippen LogP contribution in [0.4, 0.5) is 0 Å². The van der Waals surface area contributed by atoms with Crippen molar-refractivity contribution in [3.8, 4) is 0 Å². The summed E-state index contributed by atoms with van der Waals surface area (Å²) in [6, 6.07) is 8.57. The van der Waals surface area contributed by atoms with Crippen molar-refractivity contribution in [3.05, 3.63) is 54.1 Å². The third-order valence-corrected chi connectivity index (χ3v) is 3.15. The molecule has 0 aliphatic carbocycles. The van der Waals surface area contributed by atoms with Gasteiger partial charge in [-0.05, 0) is 11.1 Å². The molecule has 0 N–H and O–H groups in total. The van der Waals surface area contributed by atoms with Crippen molar-refractivity contribution in [1.29, 1.82) is 0 Å². The molecule has 0 saturated carbocycles. The zero-order chi connectivity index (χ0) is 15.2. The van der Waals surface area contributed by atoms with Crippen LogP contribution in [0.1, 0.15) is 11.1 Å². The van der Waals surface area contributed by atoms with Crippen LogP contribution in [-0.4, -0.2) is 53.5 Å². The van der Waals surface area contributed by atoms with Crippen molar-refractivity contribution in [1.82, 2.24) is 19.4 Å². The van der Waals surface area contributed by atoms with Gasteiger partial charge in [0.25, 0.3) is 0 Å². The lowest BCUT2D eigenvalue weighted by Crippen LogP contribution is -2.35. The normalized spacial score (nSPS) is 10.3. The van der Waals surface area contributed by atoms with E-state index in [1.54, 1.807) is 6.20 Å². The number of hydrogen-bond acceptors (Lipinski definition) is 2. The highest BCUT2D eigenvalue weighted by molar-refractivity contribution is 5.79. The summed E-state index contributed by atoms with van der Waals surface area (Å²) in [5.74, 6) is 0.970. The monoisotopic (exact) mass is 285 g/mol. The zero-order valence-electron chi connectivity index (χ0n) is 13.2. The third-order valence-electron chi connectivity index (χ3n) is 3.15. The van der Waals surface area contributed by atoms with Crippen LogP contribution in [0.25, 0.3) is 0 Å². The lowest BCUT2D eigenvalue weighted by atomic mass is 10.1. The molecule has 112 valence electrons. The average molecular weight is 285 g/mol. The van der Waals surface area contributed by atoms with Crippen molar-refractivity contribution >= 4 is 5.96 Å². The summed E-state index contributed by atoms with van der Waals surface area (Å²) in [6.45, 7) is 1.54. The maximum absolute atomic E-state index is 4.65. The zero-order valence-corrected chi connectivity index (χ0v) is 13.2. The second-order valence-corrected chi connectivity index (χ2v) is 5.46. The quantitative estimate of drug-likeness (QED) is 0.636. The van der Waals surface area contributed by atoms with Crippen molar-refractivity contribution in [2.75, 3.05) is 28.2 Å². The van der Waals surface area contributed by atoms with Gasteiger partial charge in [0.1, 0.15) is 0 Å². The second-order valence-electron chi connectivity index (χ2n) is 5.46. The van der Waals surface area contributed by atoms with Gasteiger partial charge >= 0.3 is 0 Å². The molecule has 5 heteroatoms. The highest BCUT2D eigenvalue weighted by atomic mass is 15.3. The van der Waals surface area contributed by atoms with E-state index < -0.39 is 0 Å². The minimum Gasteiger partial charge on any atom is -0.349 e. The summed E-state index contributed by atoms with van der Waals surface area (Å²) in [5.41, 5.74) is 2.48. The first kappa shape index (κ1) is 15.1. The van der Waals surface area contributed by atoms with Crippen LogP contribution >= 0.6 is 0 Å². The fraction of sp³-hybridized carbons (Fsp3) is 0.375. The van der Waals surface area contributed by atoms with E-state index >= 15 is 0 Å². The fourth-order valence-electron chi connectivity index (χ4n) is 2.19. The molecule has 0 radical (unpaired) electrons. The van der Waals surface area contributed by atoms with E-state index in [0.29, 0.717) is 6.54 Å². The van der Waals surface area contributed by atoms with E-state index in [9.17, 15) is 0 Å². The van der Waals surface area contributed by atoms with E-state index in [2.05, 4.69) is 38.8 Å². The summed E-state index contributed by atoms with van der Waals surface area (Å²) in [7, 11) is 8.03. The standard InChI is InChI=1S/C16H23N5/c1-19(2)16(20(3)4)18-11-14-5-7-15(8-6-14)12-21-10-9-17-13-21/h5-10,13H,11-12H2,1-4H3. The van der Waals surface area contributed by atoms with Gasteiger partial charge in [-0.3, -0.25) is 0 Å². The van der Waals surface area contributed by atoms with Crippen molar-refractivity contribution in [2.45, 2.75) is 13.1 Å². The van der Waals surface area contributed by atoms with Crippen molar-refractivity contribution in [2.24, 2.45) is 4.99 Å². The number of guanidine groups is 1. The summed E-state index contributed by atoms with van der Waals surface area (Å²) in [5, 5.41) is 0. The molecule has 0 saturated heterocycles. The predicted molar refractivity (Wildman–Crippen MR) is 86.3 cm³/mol.